The number of carbonyl (C=O) groups is 1. The molecule has 2 atom stereocenters. The van der Waals surface area contributed by atoms with Crippen molar-refractivity contribution < 1.29 is 9.32 Å². The fraction of sp³-hybridized carbons (Fsp3) is 0.375. The van der Waals surface area contributed by atoms with Crippen molar-refractivity contribution in [3.8, 4) is 0 Å². The lowest BCUT2D eigenvalue weighted by atomic mass is 9.83. The number of hydrogen-bond donors (Lipinski definition) is 0. The van der Waals surface area contributed by atoms with Gasteiger partial charge in [0.15, 0.2) is 5.82 Å². The molecular formula is C24H25N3O2. The number of anilines is 1. The van der Waals surface area contributed by atoms with Crippen LogP contribution in [0.5, 0.6) is 0 Å². The van der Waals surface area contributed by atoms with Gasteiger partial charge >= 0.3 is 0 Å². The molecule has 1 saturated heterocycles. The van der Waals surface area contributed by atoms with Crippen LogP contribution in [0.15, 0.2) is 47.0 Å². The first-order valence-electron chi connectivity index (χ1n) is 10.4. The molecule has 2 aromatic carbocycles. The smallest absolute Gasteiger partial charge is 0.232 e. The average molecular weight is 387 g/mol. The number of nitrogens with zero attached hydrogens (tertiary/aromatic N) is 3. The van der Waals surface area contributed by atoms with Crippen LogP contribution in [0.2, 0.25) is 0 Å². The van der Waals surface area contributed by atoms with E-state index < -0.39 is 0 Å². The van der Waals surface area contributed by atoms with E-state index >= 15 is 0 Å². The third-order valence-electron chi connectivity index (χ3n) is 6.51. The minimum absolute atomic E-state index is 0.0421. The summed E-state index contributed by atoms with van der Waals surface area (Å²) in [5.41, 5.74) is 6.14. The summed E-state index contributed by atoms with van der Waals surface area (Å²) in [6.45, 7) is 4.73. The van der Waals surface area contributed by atoms with E-state index in [-0.39, 0.29) is 17.7 Å². The van der Waals surface area contributed by atoms with E-state index in [0.717, 1.165) is 36.3 Å². The molecule has 148 valence electrons. The lowest BCUT2D eigenvalue weighted by Crippen LogP contribution is -2.25. The van der Waals surface area contributed by atoms with Crippen molar-refractivity contribution in [2.75, 3.05) is 11.4 Å². The molecular weight excluding hydrogens is 362 g/mol. The molecule has 0 spiro atoms. The third kappa shape index (κ3) is 3.24. The van der Waals surface area contributed by atoms with E-state index in [1.807, 2.05) is 17.0 Å². The molecule has 5 heteroatoms. The topological polar surface area (TPSA) is 59.2 Å². The van der Waals surface area contributed by atoms with Gasteiger partial charge in [-0.1, -0.05) is 41.6 Å². The van der Waals surface area contributed by atoms with E-state index in [1.165, 1.54) is 16.7 Å². The van der Waals surface area contributed by atoms with Crippen molar-refractivity contribution in [3.05, 3.63) is 76.4 Å². The molecule has 1 amide bonds. The van der Waals surface area contributed by atoms with Crippen LogP contribution in [0.4, 0.5) is 5.69 Å². The molecule has 0 N–H and O–H groups in total. The summed E-state index contributed by atoms with van der Waals surface area (Å²) in [5, 5.41) is 4.30. The second-order valence-electron chi connectivity index (χ2n) is 8.32. The second-order valence-corrected chi connectivity index (χ2v) is 8.32. The molecule has 0 saturated carbocycles. The van der Waals surface area contributed by atoms with Crippen LogP contribution in [0.1, 0.15) is 58.6 Å². The van der Waals surface area contributed by atoms with Crippen molar-refractivity contribution in [1.82, 2.24) is 10.1 Å². The van der Waals surface area contributed by atoms with E-state index in [4.69, 9.17) is 9.51 Å². The Morgan fingerprint density at radius 2 is 1.83 bits per heavy atom. The zero-order chi connectivity index (χ0) is 20.0. The Bertz CT molecular complexity index is 1070. The lowest BCUT2D eigenvalue weighted by molar-refractivity contribution is -0.117. The minimum Gasteiger partial charge on any atom is -0.339 e. The van der Waals surface area contributed by atoms with Crippen molar-refractivity contribution >= 4 is 11.6 Å². The highest BCUT2D eigenvalue weighted by Crippen LogP contribution is 2.35. The summed E-state index contributed by atoms with van der Waals surface area (Å²) in [6, 6.07) is 14.7. The summed E-state index contributed by atoms with van der Waals surface area (Å²) in [4.78, 5) is 19.3. The minimum atomic E-state index is -0.0421. The van der Waals surface area contributed by atoms with Crippen molar-refractivity contribution in [2.24, 2.45) is 0 Å². The molecule has 5 nitrogen and oxygen atoms in total. The van der Waals surface area contributed by atoms with E-state index in [2.05, 4.69) is 49.3 Å². The summed E-state index contributed by atoms with van der Waals surface area (Å²) in [6.07, 6.45) is 3.46. The Morgan fingerprint density at radius 3 is 2.69 bits per heavy atom. The number of rotatable bonds is 3. The first-order chi connectivity index (χ1) is 14.1. The van der Waals surface area contributed by atoms with Gasteiger partial charge in [-0.15, -0.1) is 0 Å². The van der Waals surface area contributed by atoms with Crippen LogP contribution in [0.25, 0.3) is 0 Å². The number of aryl methyl sites for hydroxylation is 2. The van der Waals surface area contributed by atoms with Crippen molar-refractivity contribution in [2.45, 2.75) is 51.4 Å². The predicted molar refractivity (Wildman–Crippen MR) is 111 cm³/mol. The van der Waals surface area contributed by atoms with Crippen LogP contribution in [-0.4, -0.2) is 22.6 Å². The van der Waals surface area contributed by atoms with Gasteiger partial charge in [-0.05, 0) is 61.4 Å². The standard InChI is InChI=1S/C24H25N3O2/c1-15-6-5-9-21(16(15)2)27-14-20(13-22(27)28)24-25-23(26-29-24)19-11-10-17-7-3-4-8-18(17)12-19/h3-9,19-20H,10-14H2,1-2H3. The molecule has 0 bridgehead atoms. The predicted octanol–water partition coefficient (Wildman–Crippen LogP) is 4.48. The molecule has 1 aliphatic carbocycles. The Balaban J connectivity index is 1.34. The Kier molecular flexibility index (Phi) is 4.46. The van der Waals surface area contributed by atoms with Gasteiger partial charge in [0.1, 0.15) is 0 Å². The quantitative estimate of drug-likeness (QED) is 0.665. The maximum Gasteiger partial charge on any atom is 0.232 e. The summed E-state index contributed by atoms with van der Waals surface area (Å²) in [7, 11) is 0. The fourth-order valence-corrected chi connectivity index (χ4v) is 4.63. The molecule has 2 unspecified atom stereocenters. The highest BCUT2D eigenvalue weighted by atomic mass is 16.5. The monoisotopic (exact) mass is 387 g/mol. The first-order valence-corrected chi connectivity index (χ1v) is 10.4. The van der Waals surface area contributed by atoms with Gasteiger partial charge < -0.3 is 9.42 Å². The van der Waals surface area contributed by atoms with E-state index in [1.54, 1.807) is 0 Å². The molecule has 1 fully saturated rings. The van der Waals surface area contributed by atoms with Crippen molar-refractivity contribution in [3.63, 3.8) is 0 Å². The SMILES string of the molecule is Cc1cccc(N2CC(c3nc(C4CCc5ccccc5C4)no3)CC2=O)c1C. The number of fused-ring (bicyclic) bond motifs is 1. The van der Waals surface area contributed by atoms with Gasteiger partial charge in [0, 0.05) is 24.6 Å². The number of aromatic nitrogens is 2. The molecule has 1 aliphatic heterocycles. The molecule has 0 radical (unpaired) electrons. The average Bonchev–Trinajstić information content (AvgIpc) is 3.37. The molecule has 2 heterocycles. The fourth-order valence-electron chi connectivity index (χ4n) is 4.63. The Labute approximate surface area is 170 Å². The second kappa shape index (κ2) is 7.14. The van der Waals surface area contributed by atoms with Gasteiger partial charge in [-0.2, -0.15) is 4.98 Å². The molecule has 1 aromatic heterocycles. The van der Waals surface area contributed by atoms with Gasteiger partial charge in [-0.25, -0.2) is 0 Å². The molecule has 29 heavy (non-hydrogen) atoms. The zero-order valence-electron chi connectivity index (χ0n) is 16.9. The number of benzene rings is 2. The Morgan fingerprint density at radius 1 is 1.00 bits per heavy atom. The molecule has 2 aliphatic rings. The van der Waals surface area contributed by atoms with E-state index in [9.17, 15) is 4.79 Å². The van der Waals surface area contributed by atoms with E-state index in [0.29, 0.717) is 18.9 Å². The van der Waals surface area contributed by atoms with Crippen LogP contribution in [0.3, 0.4) is 0 Å². The van der Waals surface area contributed by atoms with Crippen LogP contribution in [0, 0.1) is 13.8 Å². The summed E-state index contributed by atoms with van der Waals surface area (Å²) in [5.74, 6) is 1.75. The van der Waals surface area contributed by atoms with Gasteiger partial charge in [0.2, 0.25) is 11.8 Å². The van der Waals surface area contributed by atoms with Gasteiger partial charge in [-0.3, -0.25) is 4.79 Å². The summed E-state index contributed by atoms with van der Waals surface area (Å²) < 4.78 is 5.64. The number of carbonyl (C=O) groups excluding carboxylic acids is 1. The molecule has 5 rings (SSSR count). The number of amides is 1. The normalized spacial score (nSPS) is 21.4. The molecule has 3 aromatic rings. The maximum absolute atomic E-state index is 12.7. The maximum atomic E-state index is 12.7. The first kappa shape index (κ1) is 18.1. The largest absolute Gasteiger partial charge is 0.339 e. The van der Waals surface area contributed by atoms with Crippen LogP contribution < -0.4 is 4.90 Å². The van der Waals surface area contributed by atoms with Crippen LogP contribution >= 0.6 is 0 Å². The highest BCUT2D eigenvalue weighted by Gasteiger charge is 2.36. The highest BCUT2D eigenvalue weighted by molar-refractivity contribution is 5.97. The zero-order valence-corrected chi connectivity index (χ0v) is 16.9. The number of hydrogen-bond acceptors (Lipinski definition) is 4. The lowest BCUT2D eigenvalue weighted by Gasteiger charge is -2.21. The van der Waals surface area contributed by atoms with Crippen LogP contribution in [-0.2, 0) is 17.6 Å². The Hall–Kier alpha value is -2.95. The van der Waals surface area contributed by atoms with Gasteiger partial charge in [0.05, 0.1) is 5.92 Å². The van der Waals surface area contributed by atoms with Gasteiger partial charge in [0.25, 0.3) is 0 Å². The van der Waals surface area contributed by atoms with Crippen molar-refractivity contribution in [1.29, 1.82) is 0 Å². The summed E-state index contributed by atoms with van der Waals surface area (Å²) >= 11 is 0. The third-order valence-corrected chi connectivity index (χ3v) is 6.51.